The van der Waals surface area contributed by atoms with Crippen molar-refractivity contribution in [3.05, 3.63) is 226 Å². The van der Waals surface area contributed by atoms with E-state index in [1.807, 2.05) is 56.3 Å². The molecule has 12 aromatic rings. The number of thiol groups is 1. The molecule has 0 amide bonds. The molecule has 1 radical (unpaired) electrons. The van der Waals surface area contributed by atoms with Crippen LogP contribution >= 0.6 is 28.7 Å². The number of esters is 3. The monoisotopic (exact) mass is 1250 g/mol. The number of benzene rings is 8. The average Bonchev–Trinajstić information content (AvgIpc) is 1.01. The number of aromatic nitrogens is 2. The summed E-state index contributed by atoms with van der Waals surface area (Å²) in [6.07, 6.45) is 1.77. The number of hydrazine groups is 1. The summed E-state index contributed by atoms with van der Waals surface area (Å²) in [4.78, 5) is 85.4. The number of halogens is 1. The van der Waals surface area contributed by atoms with Crippen molar-refractivity contribution in [2.45, 2.75) is 38.9 Å². The molecule has 0 unspecified atom stereocenters. The number of aromatic amines is 1. The van der Waals surface area contributed by atoms with Crippen molar-refractivity contribution in [2.75, 3.05) is 21.3 Å². The van der Waals surface area contributed by atoms with Gasteiger partial charge in [-0.3, -0.25) is 30.9 Å². The van der Waals surface area contributed by atoms with Gasteiger partial charge in [-0.25, -0.2) is 19.5 Å². The summed E-state index contributed by atoms with van der Waals surface area (Å²) < 4.78 is 40.0. The molecule has 0 fully saturated rings. The molecule has 5 N–H and O–H groups in total. The van der Waals surface area contributed by atoms with Gasteiger partial charge in [0.15, 0.2) is 0 Å². The zero-order chi connectivity index (χ0) is 62.6. The van der Waals surface area contributed by atoms with E-state index in [9.17, 15) is 33.6 Å². The number of aryl methyl sites for hydroxylation is 3. The zero-order valence-corrected chi connectivity index (χ0v) is 50.1. The summed E-state index contributed by atoms with van der Waals surface area (Å²) in [6, 6.07) is 42.6. The number of hydrogen-bond acceptors (Lipinski definition) is 19. The number of nitrogens with one attached hydrogen (secondary N) is 1. The first-order chi connectivity index (χ1) is 42.1. The van der Waals surface area contributed by atoms with Crippen LogP contribution in [0.3, 0.4) is 0 Å². The number of rotatable bonds is 6. The van der Waals surface area contributed by atoms with Crippen molar-refractivity contribution in [2.24, 2.45) is 16.0 Å². The molecule has 22 heteroatoms. The molecular weight excluding hydrogens is 1200 g/mol. The fraction of sp³-hybridized carbons (Fsp3) is 0.138. The number of H-pyrrole nitrogens is 1. The van der Waals surface area contributed by atoms with E-state index in [4.69, 9.17) is 32.2 Å². The van der Waals surface area contributed by atoms with Gasteiger partial charge in [0.1, 0.15) is 50.7 Å². The summed E-state index contributed by atoms with van der Waals surface area (Å²) in [6.45, 7) is 6.02. The average molecular weight is 1250 g/mol. The van der Waals surface area contributed by atoms with Crippen molar-refractivity contribution in [1.82, 2.24) is 10.2 Å². The summed E-state index contributed by atoms with van der Waals surface area (Å²) in [5.74, 6) is 7.83. The van der Waals surface area contributed by atoms with Gasteiger partial charge in [0, 0.05) is 10.9 Å². The van der Waals surface area contributed by atoms with E-state index in [2.05, 4.69) is 81.6 Å². The van der Waals surface area contributed by atoms with Crippen LogP contribution in [0.1, 0.15) is 67.2 Å². The second-order valence-electron chi connectivity index (χ2n) is 18.9. The number of alkyl halides is 1. The van der Waals surface area contributed by atoms with E-state index in [-0.39, 0.29) is 54.7 Å². The van der Waals surface area contributed by atoms with Crippen LogP contribution in [-0.4, -0.2) is 57.1 Å². The Kier molecular flexibility index (Phi) is 20.6. The molecule has 1 aliphatic rings. The molecule has 0 spiro atoms. The summed E-state index contributed by atoms with van der Waals surface area (Å²) in [5, 5.41) is 11.0. The Hall–Kier alpha value is -9.87. The fourth-order valence-corrected chi connectivity index (χ4v) is 10.1. The third-order valence-corrected chi connectivity index (χ3v) is 14.5. The van der Waals surface area contributed by atoms with Crippen molar-refractivity contribution in [3.8, 4) is 22.8 Å². The Morgan fingerprint density at radius 3 is 1.41 bits per heavy atom. The first kappa shape index (κ1) is 63.2. The number of carbonyl (C=O) groups is 3. The molecule has 0 aliphatic carbocycles. The molecule has 0 saturated carbocycles. The minimum atomic E-state index is -0.552. The van der Waals surface area contributed by atoms with Crippen LogP contribution in [0.5, 0.6) is 11.5 Å². The van der Waals surface area contributed by atoms with Gasteiger partial charge in [0.05, 0.1) is 81.1 Å². The Bertz CT molecular complexity index is 4760. The number of ether oxygens (including phenoxy) is 4. The van der Waals surface area contributed by atoms with Gasteiger partial charge in [0.25, 0.3) is 5.56 Å². The molecular formula is C65H54BBrN5O14S. The normalized spacial score (nSPS) is 10.8. The Morgan fingerprint density at radius 1 is 0.540 bits per heavy atom. The van der Waals surface area contributed by atoms with Gasteiger partial charge in [0.2, 0.25) is 16.3 Å². The zero-order valence-electron chi connectivity index (χ0n) is 47.6. The number of nitrogens with two attached hydrogens (primary N) is 2. The van der Waals surface area contributed by atoms with E-state index in [1.165, 1.54) is 26.9 Å². The fourth-order valence-electron chi connectivity index (χ4n) is 9.71. The first-order valence-corrected chi connectivity index (χ1v) is 28.1. The standard InChI is InChI=1S/C17H14O4.C16H11BrO4.C16H12N2O2.C16H12O4.BHNS.H4N2/c1-3-10-7-8-13-12(9-10)16(18)15-11(17(19)20-2)5-4-6-14(15)21-13;1-20-16(19)10-3-2-4-13-14(10)15(18)11-7-9(8-17)5-6-12(11)21-13;1-2-9-6-7-12-11(8-9)15-14-10(16(19)18-17-15)4-3-5-13(14)20-12;1-9-6-7-12-11(8-9)15(17)14-10(16(18)19-2)4-3-5-13(14)20-12;1-2-3;1-2/h4-9H,3H2,1-2H3;2-7H,8H2,1H3;3-8H,2H2,1H3,(H,18,19);3-8H,1-2H3;3H;1-2H2. The van der Waals surface area contributed by atoms with Crippen LogP contribution in [0.15, 0.2) is 182 Å². The topological polar surface area (TPSA) is 289 Å². The molecule has 439 valence electrons. The number of nitrogens with zero attached hydrogens (tertiary/aromatic N) is 2. The maximum atomic E-state index is 12.7. The van der Waals surface area contributed by atoms with Gasteiger partial charge in [-0.15, -0.1) is 0 Å². The third-order valence-electron chi connectivity index (χ3n) is 13.9. The summed E-state index contributed by atoms with van der Waals surface area (Å²) >= 11 is 6.55. The van der Waals surface area contributed by atoms with Crippen LogP contribution in [0.2, 0.25) is 0 Å². The van der Waals surface area contributed by atoms with Gasteiger partial charge in [-0.05, 0) is 134 Å². The van der Waals surface area contributed by atoms with Crippen molar-refractivity contribution < 1.29 is 46.6 Å². The Balaban J connectivity index is 0.000000147. The van der Waals surface area contributed by atoms with Crippen molar-refractivity contribution in [3.63, 3.8) is 0 Å². The van der Waals surface area contributed by atoms with Crippen LogP contribution < -0.4 is 38.3 Å². The molecule has 0 bridgehead atoms. The molecule has 8 aromatic carbocycles. The predicted octanol–water partition coefficient (Wildman–Crippen LogP) is 12.2. The number of hydrogen-bond donors (Lipinski definition) is 4. The van der Waals surface area contributed by atoms with E-state index in [1.54, 1.807) is 91.0 Å². The van der Waals surface area contributed by atoms with E-state index in [0.29, 0.717) is 66.1 Å². The molecule has 87 heavy (non-hydrogen) atoms. The van der Waals surface area contributed by atoms with E-state index >= 15 is 0 Å². The van der Waals surface area contributed by atoms with Gasteiger partial charge in [-0.1, -0.05) is 83.9 Å². The maximum absolute atomic E-state index is 12.7. The molecule has 0 saturated heterocycles. The molecule has 0 atom stereocenters. The third kappa shape index (κ3) is 13.0. The van der Waals surface area contributed by atoms with Crippen LogP contribution in [0, 0.1) is 6.92 Å². The number of carbonyl (C=O) groups excluding carboxylic acids is 3. The van der Waals surface area contributed by atoms with Gasteiger partial charge >= 0.3 is 42.7 Å². The molecule has 5 heterocycles. The van der Waals surface area contributed by atoms with Crippen LogP contribution in [-0.2, 0) is 32.4 Å². The molecule has 13 rings (SSSR count). The molecule has 1 aliphatic heterocycles. The molecule has 4 aromatic heterocycles. The molecule has 19 nitrogen and oxygen atoms in total. The predicted molar refractivity (Wildman–Crippen MR) is 344 cm³/mol. The van der Waals surface area contributed by atoms with Crippen molar-refractivity contribution >= 4 is 131 Å². The minimum absolute atomic E-state index is 0.190. The quantitative estimate of drug-likeness (QED) is 0.0176. The van der Waals surface area contributed by atoms with Crippen LogP contribution in [0.25, 0.3) is 87.8 Å². The van der Waals surface area contributed by atoms with Crippen LogP contribution in [0.4, 0.5) is 0 Å². The van der Waals surface area contributed by atoms with Crippen molar-refractivity contribution in [1.29, 1.82) is 0 Å². The Morgan fingerprint density at radius 2 is 0.954 bits per heavy atom. The second kappa shape index (κ2) is 28.3. The number of fused-ring (bicyclic) bond motifs is 8. The Labute approximate surface area is 509 Å². The number of methoxy groups -OCH3 is 3. The first-order valence-electron chi connectivity index (χ1n) is 26.6. The second-order valence-corrected chi connectivity index (χ2v) is 19.7. The summed E-state index contributed by atoms with van der Waals surface area (Å²) in [7, 11) is 8.20. The summed E-state index contributed by atoms with van der Waals surface area (Å²) in [5.41, 5.74) is 8.41. The van der Waals surface area contributed by atoms with Gasteiger partial charge in [-0.2, -0.15) is 5.10 Å². The van der Waals surface area contributed by atoms with Gasteiger partial charge < -0.3 is 32.2 Å². The van der Waals surface area contributed by atoms with E-state index < -0.39 is 17.9 Å². The van der Waals surface area contributed by atoms with E-state index in [0.717, 1.165) is 51.9 Å². The SMILES string of the molecule is CCc1ccc2c(c1)-c1n[nH]c(=O)c3cccc(c13)O2.CCc1ccc2oc3cccc(C(=O)OC)c3c(=O)c2c1.COC(=O)c1cccc2oc3ccc(C)cc3c(=O)c12.COC(=O)c1cccc2oc3ccc(CBr)cc3c(=O)c12.NN.[B]=NS.